The second-order valence-corrected chi connectivity index (χ2v) is 6.18. The topological polar surface area (TPSA) is 78.9 Å². The van der Waals surface area contributed by atoms with Gasteiger partial charge in [0, 0.05) is 40.8 Å². The predicted octanol–water partition coefficient (Wildman–Crippen LogP) is 4.88. The van der Waals surface area contributed by atoms with Crippen LogP contribution in [-0.2, 0) is 4.79 Å². The number of benzene rings is 2. The Morgan fingerprint density at radius 3 is 2.35 bits per heavy atom. The monoisotopic (exact) mass is 367 g/mol. The van der Waals surface area contributed by atoms with E-state index in [1.165, 1.54) is 6.92 Å². The maximum Gasteiger partial charge on any atom is 0.229 e. The van der Waals surface area contributed by atoms with Gasteiger partial charge >= 0.3 is 0 Å². The first-order valence-electron chi connectivity index (χ1n) is 8.01. The van der Waals surface area contributed by atoms with Gasteiger partial charge in [-0.2, -0.15) is 4.98 Å². The Kier molecular flexibility index (Phi) is 5.34. The van der Waals surface area contributed by atoms with Gasteiger partial charge in [-0.15, -0.1) is 0 Å². The molecule has 1 aromatic heterocycles. The molecule has 1 heterocycles. The Hall–Kier alpha value is -3.12. The van der Waals surface area contributed by atoms with Crippen LogP contribution < -0.4 is 16.0 Å². The number of hydrogen-bond acceptors (Lipinski definition) is 5. The number of hydrogen-bond donors (Lipinski definition) is 3. The maximum atomic E-state index is 11.2. The number of anilines is 5. The number of nitrogens with one attached hydrogen (secondary N) is 3. The van der Waals surface area contributed by atoms with Gasteiger partial charge in [0.25, 0.3) is 0 Å². The molecule has 7 heteroatoms. The van der Waals surface area contributed by atoms with Crippen LogP contribution in [-0.4, -0.2) is 15.9 Å². The number of aryl methyl sites for hydroxylation is 1. The van der Waals surface area contributed by atoms with Gasteiger partial charge in [0.1, 0.15) is 5.82 Å². The zero-order valence-corrected chi connectivity index (χ0v) is 15.1. The van der Waals surface area contributed by atoms with Crippen LogP contribution in [0.15, 0.2) is 54.6 Å². The van der Waals surface area contributed by atoms with Crippen LogP contribution in [0, 0.1) is 6.92 Å². The Balaban J connectivity index is 1.80. The van der Waals surface area contributed by atoms with Crippen LogP contribution in [0.3, 0.4) is 0 Å². The quantitative estimate of drug-likeness (QED) is 0.598. The Bertz CT molecular complexity index is 945. The van der Waals surface area contributed by atoms with Gasteiger partial charge in [0.2, 0.25) is 11.9 Å². The van der Waals surface area contributed by atoms with Crippen molar-refractivity contribution in [3.63, 3.8) is 0 Å². The van der Waals surface area contributed by atoms with Gasteiger partial charge in [-0.1, -0.05) is 23.7 Å². The Morgan fingerprint density at radius 1 is 0.923 bits per heavy atom. The van der Waals surface area contributed by atoms with E-state index in [2.05, 4.69) is 25.9 Å². The molecule has 3 rings (SSSR count). The lowest BCUT2D eigenvalue weighted by Gasteiger charge is -2.11. The summed E-state index contributed by atoms with van der Waals surface area (Å²) in [6, 6.07) is 16.6. The fraction of sp³-hybridized carbons (Fsp3) is 0.105. The van der Waals surface area contributed by atoms with Crippen molar-refractivity contribution in [3.05, 3.63) is 65.3 Å². The number of amides is 1. The second kappa shape index (κ2) is 7.84. The summed E-state index contributed by atoms with van der Waals surface area (Å²) >= 11 is 6.01. The number of carbonyl (C=O) groups is 1. The first kappa shape index (κ1) is 17.7. The third-order valence-corrected chi connectivity index (χ3v) is 3.63. The van der Waals surface area contributed by atoms with Crippen LogP contribution in [0.25, 0.3) is 0 Å². The van der Waals surface area contributed by atoms with Crippen molar-refractivity contribution in [2.24, 2.45) is 0 Å². The molecular weight excluding hydrogens is 350 g/mol. The summed E-state index contributed by atoms with van der Waals surface area (Å²) in [5.74, 6) is 0.989. The van der Waals surface area contributed by atoms with Crippen LogP contribution in [0.1, 0.15) is 12.6 Å². The molecule has 0 saturated carbocycles. The minimum atomic E-state index is -0.118. The molecule has 1 amide bonds. The van der Waals surface area contributed by atoms with E-state index < -0.39 is 0 Å². The molecule has 0 radical (unpaired) electrons. The molecule has 0 atom stereocenters. The van der Waals surface area contributed by atoms with Gasteiger partial charge in [0.05, 0.1) is 0 Å². The maximum absolute atomic E-state index is 11.2. The van der Waals surface area contributed by atoms with Crippen molar-refractivity contribution in [1.82, 2.24) is 9.97 Å². The largest absolute Gasteiger partial charge is 0.340 e. The fourth-order valence-electron chi connectivity index (χ4n) is 2.41. The molecule has 0 fully saturated rings. The van der Waals surface area contributed by atoms with E-state index in [0.29, 0.717) is 22.5 Å². The van der Waals surface area contributed by atoms with Gasteiger partial charge < -0.3 is 16.0 Å². The number of halogens is 1. The lowest BCUT2D eigenvalue weighted by Crippen LogP contribution is -2.06. The van der Waals surface area contributed by atoms with Crippen LogP contribution >= 0.6 is 11.6 Å². The Morgan fingerprint density at radius 2 is 1.62 bits per heavy atom. The average molecular weight is 368 g/mol. The molecule has 0 spiro atoms. The molecule has 0 aliphatic carbocycles. The summed E-state index contributed by atoms with van der Waals surface area (Å²) in [5, 5.41) is 9.76. The van der Waals surface area contributed by atoms with Gasteiger partial charge in [-0.05, 0) is 43.3 Å². The summed E-state index contributed by atoms with van der Waals surface area (Å²) in [6.45, 7) is 3.37. The summed E-state index contributed by atoms with van der Waals surface area (Å²) < 4.78 is 0. The van der Waals surface area contributed by atoms with E-state index in [-0.39, 0.29) is 5.91 Å². The zero-order chi connectivity index (χ0) is 18.5. The highest BCUT2D eigenvalue weighted by atomic mass is 35.5. The van der Waals surface area contributed by atoms with Crippen molar-refractivity contribution in [2.75, 3.05) is 16.0 Å². The standard InChI is InChI=1S/C19H18ClN5O/c1-12-9-18(23-17-8-4-7-16(11-17)22-13(2)26)25-19(21-12)24-15-6-3-5-14(20)10-15/h3-11H,1-2H3,(H,22,26)(H2,21,23,24,25). The second-order valence-electron chi connectivity index (χ2n) is 5.74. The van der Waals surface area contributed by atoms with Crippen LogP contribution in [0.4, 0.5) is 28.8 Å². The lowest BCUT2D eigenvalue weighted by molar-refractivity contribution is -0.114. The minimum Gasteiger partial charge on any atom is -0.340 e. The van der Waals surface area contributed by atoms with E-state index >= 15 is 0 Å². The molecule has 6 nitrogen and oxygen atoms in total. The minimum absolute atomic E-state index is 0.118. The molecule has 0 bridgehead atoms. The van der Waals surface area contributed by atoms with Crippen LogP contribution in [0.5, 0.6) is 0 Å². The smallest absolute Gasteiger partial charge is 0.229 e. The summed E-state index contributed by atoms with van der Waals surface area (Å²) in [5.41, 5.74) is 3.14. The summed E-state index contributed by atoms with van der Waals surface area (Å²) in [7, 11) is 0. The summed E-state index contributed by atoms with van der Waals surface area (Å²) in [4.78, 5) is 20.1. The van der Waals surface area contributed by atoms with E-state index in [1.807, 2.05) is 49.4 Å². The average Bonchev–Trinajstić information content (AvgIpc) is 2.54. The molecule has 132 valence electrons. The number of aromatic nitrogens is 2. The van der Waals surface area contributed by atoms with Crippen molar-refractivity contribution < 1.29 is 4.79 Å². The molecular formula is C19H18ClN5O. The van der Waals surface area contributed by atoms with Gasteiger partial charge in [-0.25, -0.2) is 4.98 Å². The van der Waals surface area contributed by atoms with E-state index in [4.69, 9.17) is 11.6 Å². The molecule has 0 unspecified atom stereocenters. The van der Waals surface area contributed by atoms with E-state index in [1.54, 1.807) is 12.1 Å². The molecule has 3 N–H and O–H groups in total. The third kappa shape index (κ3) is 4.94. The molecule has 0 aliphatic heterocycles. The SMILES string of the molecule is CC(=O)Nc1cccc(Nc2cc(C)nc(Nc3cccc(Cl)c3)n2)c1. The molecule has 3 aromatic rings. The zero-order valence-electron chi connectivity index (χ0n) is 14.4. The lowest BCUT2D eigenvalue weighted by atomic mass is 10.2. The highest BCUT2D eigenvalue weighted by Gasteiger charge is 2.05. The normalized spacial score (nSPS) is 10.3. The molecule has 2 aromatic carbocycles. The fourth-order valence-corrected chi connectivity index (χ4v) is 2.60. The van der Waals surface area contributed by atoms with Crippen molar-refractivity contribution in [2.45, 2.75) is 13.8 Å². The van der Waals surface area contributed by atoms with Gasteiger partial charge in [-0.3, -0.25) is 4.79 Å². The first-order valence-corrected chi connectivity index (χ1v) is 8.39. The Labute approximate surface area is 156 Å². The van der Waals surface area contributed by atoms with Gasteiger partial charge in [0.15, 0.2) is 0 Å². The van der Waals surface area contributed by atoms with Crippen molar-refractivity contribution >= 4 is 46.3 Å². The molecule has 0 saturated heterocycles. The van der Waals surface area contributed by atoms with Crippen molar-refractivity contribution in [1.29, 1.82) is 0 Å². The van der Waals surface area contributed by atoms with E-state index in [9.17, 15) is 4.79 Å². The summed E-state index contributed by atoms with van der Waals surface area (Å²) in [6.07, 6.45) is 0. The van der Waals surface area contributed by atoms with E-state index in [0.717, 1.165) is 17.1 Å². The molecule has 0 aliphatic rings. The number of carbonyl (C=O) groups excluding carboxylic acids is 1. The molecule has 26 heavy (non-hydrogen) atoms. The predicted molar refractivity (Wildman–Crippen MR) is 106 cm³/mol. The highest BCUT2D eigenvalue weighted by molar-refractivity contribution is 6.30. The number of rotatable bonds is 5. The highest BCUT2D eigenvalue weighted by Crippen LogP contribution is 2.22. The van der Waals surface area contributed by atoms with Crippen LogP contribution in [0.2, 0.25) is 5.02 Å². The first-order chi connectivity index (χ1) is 12.5. The third-order valence-electron chi connectivity index (χ3n) is 3.39. The van der Waals surface area contributed by atoms with Crippen molar-refractivity contribution in [3.8, 4) is 0 Å². The number of nitrogens with zero attached hydrogens (tertiary/aromatic N) is 2.